The Morgan fingerprint density at radius 2 is 2.33 bits per heavy atom. The molecule has 0 saturated carbocycles. The number of hydrogen-bond acceptors (Lipinski definition) is 4. The van der Waals surface area contributed by atoms with E-state index in [0.717, 1.165) is 36.6 Å². The van der Waals surface area contributed by atoms with E-state index in [1.165, 1.54) is 0 Å². The van der Waals surface area contributed by atoms with Gasteiger partial charge in [-0.25, -0.2) is 0 Å². The van der Waals surface area contributed by atoms with Crippen LogP contribution in [0.1, 0.15) is 32.3 Å². The molecule has 0 amide bonds. The highest BCUT2D eigenvalue weighted by atomic mass is 16.4. The molecule has 18 heavy (non-hydrogen) atoms. The largest absolute Gasteiger partial charge is 0.409 e. The van der Waals surface area contributed by atoms with Gasteiger partial charge in [-0.15, -0.1) is 0 Å². The second-order valence-corrected chi connectivity index (χ2v) is 5.05. The van der Waals surface area contributed by atoms with E-state index in [9.17, 15) is 0 Å². The summed E-state index contributed by atoms with van der Waals surface area (Å²) in [7, 11) is 0. The predicted octanol–water partition coefficient (Wildman–Crippen LogP) is 1.80. The lowest BCUT2D eigenvalue weighted by atomic mass is 9.92. The molecule has 2 unspecified atom stereocenters. The van der Waals surface area contributed by atoms with Gasteiger partial charge < -0.3 is 15.8 Å². The van der Waals surface area contributed by atoms with E-state index in [1.807, 2.05) is 0 Å². The number of nitrogens with two attached hydrogens (primary N) is 1. The van der Waals surface area contributed by atoms with Crippen LogP contribution in [0.5, 0.6) is 0 Å². The minimum atomic E-state index is 0.137. The molecule has 3 N–H and O–H groups in total. The predicted molar refractivity (Wildman–Crippen MR) is 72.0 cm³/mol. The van der Waals surface area contributed by atoms with Crippen molar-refractivity contribution in [2.75, 3.05) is 11.4 Å². The third-order valence-electron chi connectivity index (χ3n) is 3.63. The summed E-state index contributed by atoms with van der Waals surface area (Å²) in [6.07, 6.45) is 5.77. The maximum absolute atomic E-state index is 8.84. The van der Waals surface area contributed by atoms with Crippen LogP contribution in [-0.4, -0.2) is 28.6 Å². The van der Waals surface area contributed by atoms with Gasteiger partial charge in [0.05, 0.1) is 11.9 Å². The van der Waals surface area contributed by atoms with E-state index in [4.69, 9.17) is 10.9 Å². The number of rotatable bonds is 2. The van der Waals surface area contributed by atoms with Gasteiger partial charge in [-0.2, -0.15) is 0 Å². The lowest BCUT2D eigenvalue weighted by Gasteiger charge is -2.38. The fourth-order valence-electron chi connectivity index (χ4n) is 2.65. The topological polar surface area (TPSA) is 74.7 Å². The van der Waals surface area contributed by atoms with Crippen LogP contribution in [0.2, 0.25) is 0 Å². The van der Waals surface area contributed by atoms with Crippen molar-refractivity contribution in [3.05, 3.63) is 24.0 Å². The van der Waals surface area contributed by atoms with Gasteiger partial charge in [-0.05, 0) is 31.7 Å². The molecule has 1 aliphatic rings. The number of amidine groups is 1. The Kier molecular flexibility index (Phi) is 3.69. The van der Waals surface area contributed by atoms with Crippen LogP contribution < -0.4 is 10.6 Å². The second-order valence-electron chi connectivity index (χ2n) is 5.05. The Morgan fingerprint density at radius 3 is 3.00 bits per heavy atom. The summed E-state index contributed by atoms with van der Waals surface area (Å²) in [5.74, 6) is 0.887. The first-order valence-electron chi connectivity index (χ1n) is 6.32. The van der Waals surface area contributed by atoms with Gasteiger partial charge in [0, 0.05) is 24.3 Å². The van der Waals surface area contributed by atoms with Crippen LogP contribution >= 0.6 is 0 Å². The molecule has 1 aromatic heterocycles. The SMILES string of the molecule is CC1CCN(c2cnccc2/C(N)=N/O)C(C)C1. The molecular formula is C13H20N4O. The zero-order valence-electron chi connectivity index (χ0n) is 10.9. The van der Waals surface area contributed by atoms with Gasteiger partial charge in [0.1, 0.15) is 0 Å². The lowest BCUT2D eigenvalue weighted by Crippen LogP contribution is -2.41. The number of aromatic nitrogens is 1. The number of pyridine rings is 1. The molecule has 2 rings (SSSR count). The Balaban J connectivity index is 2.33. The lowest BCUT2D eigenvalue weighted by molar-refractivity contribution is 0.318. The summed E-state index contributed by atoms with van der Waals surface area (Å²) >= 11 is 0. The van der Waals surface area contributed by atoms with Crippen molar-refractivity contribution < 1.29 is 5.21 Å². The fourth-order valence-corrected chi connectivity index (χ4v) is 2.65. The number of oxime groups is 1. The molecule has 0 aliphatic carbocycles. The maximum Gasteiger partial charge on any atom is 0.172 e. The number of nitrogens with zero attached hydrogens (tertiary/aromatic N) is 3. The minimum absolute atomic E-state index is 0.137. The molecule has 0 radical (unpaired) electrons. The van der Waals surface area contributed by atoms with Crippen molar-refractivity contribution in [2.45, 2.75) is 32.7 Å². The average molecular weight is 248 g/mol. The maximum atomic E-state index is 8.84. The molecule has 2 heterocycles. The molecule has 0 bridgehead atoms. The van der Waals surface area contributed by atoms with Gasteiger partial charge >= 0.3 is 0 Å². The summed E-state index contributed by atoms with van der Waals surface area (Å²) < 4.78 is 0. The molecule has 5 heteroatoms. The number of piperidine rings is 1. The van der Waals surface area contributed by atoms with Crippen LogP contribution in [0.4, 0.5) is 5.69 Å². The molecule has 1 aromatic rings. The molecule has 98 valence electrons. The van der Waals surface area contributed by atoms with Gasteiger partial charge in [0.2, 0.25) is 0 Å². The zero-order valence-corrected chi connectivity index (χ0v) is 10.9. The molecule has 5 nitrogen and oxygen atoms in total. The Hall–Kier alpha value is -1.78. The quantitative estimate of drug-likeness (QED) is 0.362. The van der Waals surface area contributed by atoms with Crippen molar-refractivity contribution in [1.82, 2.24) is 4.98 Å². The molecule has 1 saturated heterocycles. The highest BCUT2D eigenvalue weighted by Gasteiger charge is 2.25. The van der Waals surface area contributed by atoms with Crippen molar-refractivity contribution in [3.63, 3.8) is 0 Å². The summed E-state index contributed by atoms with van der Waals surface area (Å²) in [4.78, 5) is 6.45. The van der Waals surface area contributed by atoms with E-state index in [1.54, 1.807) is 18.5 Å². The summed E-state index contributed by atoms with van der Waals surface area (Å²) in [5, 5.41) is 11.9. The van der Waals surface area contributed by atoms with E-state index in [2.05, 4.69) is 28.9 Å². The first-order chi connectivity index (χ1) is 8.63. The Morgan fingerprint density at radius 1 is 1.56 bits per heavy atom. The van der Waals surface area contributed by atoms with Gasteiger partial charge in [-0.1, -0.05) is 12.1 Å². The van der Waals surface area contributed by atoms with Crippen molar-refractivity contribution in [1.29, 1.82) is 0 Å². The van der Waals surface area contributed by atoms with E-state index < -0.39 is 0 Å². The number of hydrogen-bond donors (Lipinski definition) is 2. The average Bonchev–Trinajstić information content (AvgIpc) is 2.38. The fraction of sp³-hybridized carbons (Fsp3) is 0.538. The number of anilines is 1. The van der Waals surface area contributed by atoms with Crippen molar-refractivity contribution >= 4 is 11.5 Å². The van der Waals surface area contributed by atoms with E-state index in [0.29, 0.717) is 6.04 Å². The Labute approximate surface area is 107 Å². The summed E-state index contributed by atoms with van der Waals surface area (Å²) in [6, 6.07) is 2.23. The highest BCUT2D eigenvalue weighted by molar-refractivity contribution is 6.02. The van der Waals surface area contributed by atoms with Crippen LogP contribution in [0, 0.1) is 5.92 Å². The minimum Gasteiger partial charge on any atom is -0.409 e. The van der Waals surface area contributed by atoms with Crippen molar-refractivity contribution in [3.8, 4) is 0 Å². The molecule has 2 atom stereocenters. The first-order valence-corrected chi connectivity index (χ1v) is 6.32. The van der Waals surface area contributed by atoms with E-state index >= 15 is 0 Å². The normalized spacial score (nSPS) is 25.2. The van der Waals surface area contributed by atoms with Crippen LogP contribution in [0.3, 0.4) is 0 Å². The molecule has 1 fully saturated rings. The third-order valence-corrected chi connectivity index (χ3v) is 3.63. The third kappa shape index (κ3) is 2.39. The molecule has 1 aliphatic heterocycles. The summed E-state index contributed by atoms with van der Waals surface area (Å²) in [5.41, 5.74) is 7.42. The van der Waals surface area contributed by atoms with Gasteiger partial charge in [-0.3, -0.25) is 4.98 Å². The molecular weight excluding hydrogens is 228 g/mol. The monoisotopic (exact) mass is 248 g/mol. The smallest absolute Gasteiger partial charge is 0.172 e. The van der Waals surface area contributed by atoms with Crippen LogP contribution in [0.25, 0.3) is 0 Å². The standard InChI is InChI=1S/C13H20N4O/c1-9-4-6-17(10(2)7-9)12-8-15-5-3-11(12)13(14)16-18/h3,5,8-10,18H,4,6-7H2,1-2H3,(H2,14,16). The zero-order chi connectivity index (χ0) is 13.1. The molecule has 0 aromatic carbocycles. The summed E-state index contributed by atoms with van der Waals surface area (Å²) in [6.45, 7) is 5.47. The first kappa shape index (κ1) is 12.7. The van der Waals surface area contributed by atoms with Crippen LogP contribution in [0.15, 0.2) is 23.6 Å². The van der Waals surface area contributed by atoms with Crippen molar-refractivity contribution in [2.24, 2.45) is 16.8 Å². The molecule has 0 spiro atoms. The van der Waals surface area contributed by atoms with Gasteiger partial charge in [0.25, 0.3) is 0 Å². The van der Waals surface area contributed by atoms with E-state index in [-0.39, 0.29) is 5.84 Å². The Bertz CT molecular complexity index is 446. The second kappa shape index (κ2) is 5.25. The van der Waals surface area contributed by atoms with Crippen LogP contribution in [-0.2, 0) is 0 Å². The van der Waals surface area contributed by atoms with Gasteiger partial charge in [0.15, 0.2) is 5.84 Å². The highest BCUT2D eigenvalue weighted by Crippen LogP contribution is 2.29.